The van der Waals surface area contributed by atoms with Gasteiger partial charge in [-0.15, -0.1) is 0 Å². The lowest BCUT2D eigenvalue weighted by Gasteiger charge is -2.35. The summed E-state index contributed by atoms with van der Waals surface area (Å²) >= 11 is 0. The molecule has 8 nitrogen and oxygen atoms in total. The van der Waals surface area contributed by atoms with Crippen molar-refractivity contribution in [3.05, 3.63) is 70.8 Å². The van der Waals surface area contributed by atoms with Gasteiger partial charge in [0.2, 0.25) is 5.58 Å². The number of piperidine rings is 1. The largest absolute Gasteiger partial charge is 0.449 e. The van der Waals surface area contributed by atoms with E-state index in [1.165, 1.54) is 0 Å². The first-order valence-corrected chi connectivity index (χ1v) is 10.9. The van der Waals surface area contributed by atoms with Gasteiger partial charge in [0.15, 0.2) is 0 Å². The number of hydrogen-bond donors (Lipinski definition) is 3. The fourth-order valence-electron chi connectivity index (χ4n) is 4.32. The average Bonchev–Trinajstić information content (AvgIpc) is 3.19. The Kier molecular flexibility index (Phi) is 5.60. The second-order valence-electron chi connectivity index (χ2n) is 8.11. The molecule has 5 rings (SSSR count). The summed E-state index contributed by atoms with van der Waals surface area (Å²) in [6, 6.07) is 16.9. The molecule has 0 saturated carbocycles. The van der Waals surface area contributed by atoms with E-state index in [4.69, 9.17) is 9.40 Å². The molecular weight excluding hydrogens is 406 g/mol. The number of benzene rings is 2. The first-order chi connectivity index (χ1) is 15.7. The highest BCUT2D eigenvalue weighted by molar-refractivity contribution is 6.01. The average molecular weight is 431 g/mol. The van der Waals surface area contributed by atoms with Crippen molar-refractivity contribution >= 4 is 33.8 Å². The van der Waals surface area contributed by atoms with E-state index < -0.39 is 0 Å². The van der Waals surface area contributed by atoms with Gasteiger partial charge in [-0.25, -0.2) is 9.78 Å². The first-order valence-electron chi connectivity index (χ1n) is 10.9. The third kappa shape index (κ3) is 4.22. The molecule has 0 spiro atoms. The number of hydrogen-bond acceptors (Lipinski definition) is 5. The van der Waals surface area contributed by atoms with E-state index in [9.17, 15) is 9.59 Å². The van der Waals surface area contributed by atoms with Crippen LogP contribution < -0.4 is 16.2 Å². The van der Waals surface area contributed by atoms with Crippen molar-refractivity contribution in [3.63, 3.8) is 0 Å². The van der Waals surface area contributed by atoms with E-state index in [0.717, 1.165) is 36.9 Å². The topological polar surface area (TPSA) is 103 Å². The number of aromatic nitrogens is 2. The van der Waals surface area contributed by atoms with Crippen LogP contribution >= 0.6 is 0 Å². The number of likely N-dealkylation sites (tertiary alicyclic amines) is 1. The van der Waals surface area contributed by atoms with Crippen LogP contribution in [-0.2, 0) is 6.54 Å². The lowest BCUT2D eigenvalue weighted by atomic mass is 10.0. The lowest BCUT2D eigenvalue weighted by molar-refractivity contribution is 0.135. The van der Waals surface area contributed by atoms with Gasteiger partial charge in [-0.2, -0.15) is 0 Å². The molecule has 1 fully saturated rings. The van der Waals surface area contributed by atoms with Crippen LogP contribution in [0.1, 0.15) is 25.1 Å². The molecule has 1 unspecified atom stereocenters. The predicted octanol–water partition coefficient (Wildman–Crippen LogP) is 3.85. The quantitative estimate of drug-likeness (QED) is 0.445. The number of para-hydroxylation sites is 2. The number of H-pyrrole nitrogens is 1. The molecule has 3 N–H and O–H groups in total. The zero-order valence-electron chi connectivity index (χ0n) is 17.6. The highest BCUT2D eigenvalue weighted by atomic mass is 16.3. The van der Waals surface area contributed by atoms with Crippen LogP contribution in [0, 0.1) is 0 Å². The van der Waals surface area contributed by atoms with E-state index in [1.54, 1.807) is 0 Å². The van der Waals surface area contributed by atoms with Gasteiger partial charge >= 0.3 is 6.03 Å². The van der Waals surface area contributed by atoms with Crippen molar-refractivity contribution in [1.29, 1.82) is 0 Å². The molecular formula is C24H25N5O3. The summed E-state index contributed by atoms with van der Waals surface area (Å²) in [5.41, 5.74) is 1.99. The standard InChI is InChI=1S/C24H25N5O3/c30-23-22-21(18-11-4-5-12-19(18)32-22)27-20(28-23)15-29-13-7-6-10-17(29)14-25-24(31)26-16-8-2-1-3-9-16/h1-5,8-9,11-12,17H,6-7,10,13-15H2,(H2,25,26,31)(H,27,28,30). The van der Waals surface area contributed by atoms with Gasteiger partial charge in [0.05, 0.1) is 6.54 Å². The SMILES string of the molecule is O=C(NCC1CCCCN1Cc1nc2c(oc3ccccc32)c(=O)[nH]1)Nc1ccccc1. The second kappa shape index (κ2) is 8.84. The number of urea groups is 1. The summed E-state index contributed by atoms with van der Waals surface area (Å²) < 4.78 is 5.69. The molecule has 164 valence electrons. The van der Waals surface area contributed by atoms with E-state index in [2.05, 4.69) is 20.5 Å². The van der Waals surface area contributed by atoms with Gasteiger partial charge in [0.1, 0.15) is 16.9 Å². The van der Waals surface area contributed by atoms with Crippen LogP contribution in [0.25, 0.3) is 22.1 Å². The van der Waals surface area contributed by atoms with Crippen LogP contribution in [0.3, 0.4) is 0 Å². The summed E-state index contributed by atoms with van der Waals surface area (Å²) in [6.07, 6.45) is 3.17. The molecule has 0 radical (unpaired) electrons. The van der Waals surface area contributed by atoms with Gasteiger partial charge in [0.25, 0.3) is 5.56 Å². The van der Waals surface area contributed by atoms with Crippen LogP contribution in [0.4, 0.5) is 10.5 Å². The zero-order valence-corrected chi connectivity index (χ0v) is 17.6. The number of anilines is 1. The Morgan fingerprint density at radius 1 is 1.12 bits per heavy atom. The molecule has 1 atom stereocenters. The third-order valence-corrected chi connectivity index (χ3v) is 5.91. The molecule has 2 aromatic heterocycles. The van der Waals surface area contributed by atoms with E-state index in [1.807, 2.05) is 54.6 Å². The fourth-order valence-corrected chi connectivity index (χ4v) is 4.32. The Hall–Kier alpha value is -3.65. The summed E-state index contributed by atoms with van der Waals surface area (Å²) in [6.45, 7) is 1.93. The summed E-state index contributed by atoms with van der Waals surface area (Å²) in [5, 5.41) is 6.66. The molecule has 2 aromatic carbocycles. The van der Waals surface area contributed by atoms with Gasteiger partial charge in [0, 0.05) is 23.7 Å². The van der Waals surface area contributed by atoms with Crippen LogP contribution in [0.5, 0.6) is 0 Å². The van der Waals surface area contributed by atoms with E-state index in [0.29, 0.717) is 30.0 Å². The summed E-state index contributed by atoms with van der Waals surface area (Å²) in [5.74, 6) is 0.606. The van der Waals surface area contributed by atoms with Crippen molar-refractivity contribution in [3.8, 4) is 0 Å². The number of carbonyl (C=O) groups excluding carboxylic acids is 1. The van der Waals surface area contributed by atoms with Crippen LogP contribution in [-0.4, -0.2) is 40.0 Å². The molecule has 1 aliphatic rings. The summed E-state index contributed by atoms with van der Waals surface area (Å²) in [7, 11) is 0. The Bertz CT molecular complexity index is 1300. The molecule has 1 aliphatic heterocycles. The predicted molar refractivity (Wildman–Crippen MR) is 124 cm³/mol. The number of nitrogens with zero attached hydrogens (tertiary/aromatic N) is 2. The van der Waals surface area contributed by atoms with Gasteiger partial charge in [-0.3, -0.25) is 9.69 Å². The molecule has 8 heteroatoms. The highest BCUT2D eigenvalue weighted by Gasteiger charge is 2.24. The van der Waals surface area contributed by atoms with Crippen molar-refractivity contribution < 1.29 is 9.21 Å². The minimum atomic E-state index is -0.268. The Balaban J connectivity index is 1.30. The Morgan fingerprint density at radius 2 is 1.94 bits per heavy atom. The van der Waals surface area contributed by atoms with Crippen molar-refractivity contribution in [2.24, 2.45) is 0 Å². The second-order valence-corrected chi connectivity index (χ2v) is 8.11. The molecule has 2 amide bonds. The van der Waals surface area contributed by atoms with Gasteiger partial charge < -0.3 is 20.0 Å². The maximum absolute atomic E-state index is 12.6. The maximum atomic E-state index is 12.6. The number of aromatic amines is 1. The maximum Gasteiger partial charge on any atom is 0.319 e. The number of furan rings is 1. The van der Waals surface area contributed by atoms with Crippen LogP contribution in [0.15, 0.2) is 63.8 Å². The van der Waals surface area contributed by atoms with E-state index in [-0.39, 0.29) is 23.2 Å². The molecule has 0 bridgehead atoms. The van der Waals surface area contributed by atoms with Gasteiger partial charge in [-0.05, 0) is 43.7 Å². The number of carbonyl (C=O) groups is 1. The van der Waals surface area contributed by atoms with E-state index >= 15 is 0 Å². The molecule has 0 aliphatic carbocycles. The van der Waals surface area contributed by atoms with Crippen molar-refractivity contribution in [1.82, 2.24) is 20.2 Å². The number of fused-ring (bicyclic) bond motifs is 3. The number of rotatable bonds is 5. The lowest BCUT2D eigenvalue weighted by Crippen LogP contribution is -2.47. The summed E-state index contributed by atoms with van der Waals surface area (Å²) in [4.78, 5) is 34.8. The minimum absolute atomic E-state index is 0.173. The Labute approximate surface area is 184 Å². The highest BCUT2D eigenvalue weighted by Crippen LogP contribution is 2.25. The van der Waals surface area contributed by atoms with Crippen molar-refractivity contribution in [2.75, 3.05) is 18.4 Å². The van der Waals surface area contributed by atoms with Crippen LogP contribution in [0.2, 0.25) is 0 Å². The van der Waals surface area contributed by atoms with Crippen molar-refractivity contribution in [2.45, 2.75) is 31.8 Å². The number of nitrogens with one attached hydrogen (secondary N) is 3. The van der Waals surface area contributed by atoms with Gasteiger partial charge in [-0.1, -0.05) is 36.8 Å². The Morgan fingerprint density at radius 3 is 2.81 bits per heavy atom. The fraction of sp³-hybridized carbons (Fsp3) is 0.292. The monoisotopic (exact) mass is 431 g/mol. The zero-order chi connectivity index (χ0) is 21.9. The normalized spacial score (nSPS) is 16.9. The number of amides is 2. The molecule has 3 heterocycles. The first kappa shape index (κ1) is 20.3. The molecule has 4 aromatic rings. The molecule has 1 saturated heterocycles. The minimum Gasteiger partial charge on any atom is -0.449 e. The molecule has 32 heavy (non-hydrogen) atoms. The third-order valence-electron chi connectivity index (χ3n) is 5.91. The smallest absolute Gasteiger partial charge is 0.319 e.